The number of aromatic nitrogens is 5. The summed E-state index contributed by atoms with van der Waals surface area (Å²) in [6.07, 6.45) is 0. The SMILES string of the molecule is CN1CCN(c2nc(Nc3cc(-c4cccs4)[nH]n3)nc(Oc3ccccc3)n2)CC1. The lowest BCUT2D eigenvalue weighted by atomic mass is 10.3. The second-order valence-corrected chi connectivity index (χ2v) is 8.16. The van der Waals surface area contributed by atoms with Crippen LogP contribution in [-0.2, 0) is 0 Å². The summed E-state index contributed by atoms with van der Waals surface area (Å²) in [5.41, 5.74) is 0.937. The lowest BCUT2D eigenvalue weighted by Crippen LogP contribution is -2.45. The summed E-state index contributed by atoms with van der Waals surface area (Å²) in [4.78, 5) is 19.2. The van der Waals surface area contributed by atoms with Gasteiger partial charge in [0.2, 0.25) is 11.9 Å². The van der Waals surface area contributed by atoms with E-state index in [9.17, 15) is 0 Å². The van der Waals surface area contributed by atoms with E-state index in [1.54, 1.807) is 11.3 Å². The van der Waals surface area contributed by atoms with E-state index in [1.165, 1.54) is 0 Å². The molecular formula is C21H22N8OS. The maximum atomic E-state index is 5.91. The number of aromatic amines is 1. The van der Waals surface area contributed by atoms with Gasteiger partial charge in [0.25, 0.3) is 0 Å². The largest absolute Gasteiger partial charge is 0.424 e. The average molecular weight is 435 g/mol. The number of piperazine rings is 1. The van der Waals surface area contributed by atoms with Crippen molar-refractivity contribution >= 4 is 29.1 Å². The normalized spacial score (nSPS) is 14.5. The Labute approximate surface area is 183 Å². The molecule has 2 N–H and O–H groups in total. The third kappa shape index (κ3) is 4.65. The predicted octanol–water partition coefficient (Wildman–Crippen LogP) is 3.61. The molecule has 0 spiro atoms. The summed E-state index contributed by atoms with van der Waals surface area (Å²) in [5, 5.41) is 12.6. The van der Waals surface area contributed by atoms with E-state index in [-0.39, 0.29) is 6.01 Å². The van der Waals surface area contributed by atoms with Crippen molar-refractivity contribution < 1.29 is 4.74 Å². The van der Waals surface area contributed by atoms with Crippen LogP contribution in [-0.4, -0.2) is 63.3 Å². The minimum atomic E-state index is 0.242. The van der Waals surface area contributed by atoms with Crippen LogP contribution in [0.15, 0.2) is 53.9 Å². The van der Waals surface area contributed by atoms with Gasteiger partial charge in [-0.1, -0.05) is 24.3 Å². The van der Waals surface area contributed by atoms with Crippen molar-refractivity contribution in [1.82, 2.24) is 30.0 Å². The lowest BCUT2D eigenvalue weighted by Gasteiger charge is -2.32. The summed E-state index contributed by atoms with van der Waals surface area (Å²) in [6, 6.07) is 15.7. The monoisotopic (exact) mass is 434 g/mol. The smallest absolute Gasteiger partial charge is 0.328 e. The molecule has 0 unspecified atom stereocenters. The number of anilines is 3. The van der Waals surface area contributed by atoms with Gasteiger partial charge in [-0.05, 0) is 30.6 Å². The molecule has 3 aromatic heterocycles. The number of benzene rings is 1. The molecule has 9 nitrogen and oxygen atoms in total. The summed E-state index contributed by atoms with van der Waals surface area (Å²) in [7, 11) is 2.12. The molecule has 1 aliphatic rings. The van der Waals surface area contributed by atoms with Crippen LogP contribution in [0.5, 0.6) is 11.8 Å². The lowest BCUT2D eigenvalue weighted by molar-refractivity contribution is 0.310. The first kappa shape index (κ1) is 19.5. The van der Waals surface area contributed by atoms with E-state index >= 15 is 0 Å². The third-order valence-electron chi connectivity index (χ3n) is 4.95. The standard InChI is InChI=1S/C21H22N8OS/c1-28-9-11-29(12-10-28)20-23-19(24-21(25-20)30-15-6-3-2-4-7-15)22-18-14-16(26-27-18)17-8-5-13-31-17/h2-8,13-14H,9-12H2,1H3,(H2,22,23,24,25,26,27). The summed E-state index contributed by atoms with van der Waals surface area (Å²) < 4.78 is 5.91. The highest BCUT2D eigenvalue weighted by Gasteiger charge is 2.19. The Hall–Kier alpha value is -3.50. The quantitative estimate of drug-likeness (QED) is 0.475. The van der Waals surface area contributed by atoms with E-state index in [1.807, 2.05) is 53.9 Å². The van der Waals surface area contributed by atoms with E-state index in [4.69, 9.17) is 4.74 Å². The van der Waals surface area contributed by atoms with Crippen LogP contribution in [0, 0.1) is 0 Å². The molecule has 10 heteroatoms. The first-order chi connectivity index (χ1) is 15.2. The zero-order valence-electron chi connectivity index (χ0n) is 17.0. The van der Waals surface area contributed by atoms with Gasteiger partial charge in [0.1, 0.15) is 5.75 Å². The van der Waals surface area contributed by atoms with Crippen LogP contribution in [0.1, 0.15) is 0 Å². The fourth-order valence-corrected chi connectivity index (χ4v) is 3.94. The van der Waals surface area contributed by atoms with Crippen LogP contribution in [0.3, 0.4) is 0 Å². The number of nitrogens with zero attached hydrogens (tertiary/aromatic N) is 6. The Morgan fingerprint density at radius 3 is 2.61 bits per heavy atom. The fourth-order valence-electron chi connectivity index (χ4n) is 3.25. The third-order valence-corrected chi connectivity index (χ3v) is 5.85. The Kier molecular flexibility index (Phi) is 5.46. The zero-order valence-corrected chi connectivity index (χ0v) is 17.8. The number of para-hydroxylation sites is 1. The number of thiophene rings is 1. The molecule has 0 aliphatic carbocycles. The molecule has 1 aromatic carbocycles. The topological polar surface area (TPSA) is 95.1 Å². The van der Waals surface area contributed by atoms with E-state index in [2.05, 4.69) is 47.3 Å². The summed E-state index contributed by atoms with van der Waals surface area (Å²) >= 11 is 1.65. The van der Waals surface area contributed by atoms with Crippen LogP contribution < -0.4 is 15.0 Å². The van der Waals surface area contributed by atoms with Gasteiger partial charge in [-0.25, -0.2) is 0 Å². The molecule has 4 aromatic rings. The van der Waals surface area contributed by atoms with Gasteiger partial charge in [-0.3, -0.25) is 5.10 Å². The van der Waals surface area contributed by atoms with Crippen molar-refractivity contribution in [2.45, 2.75) is 0 Å². The van der Waals surface area contributed by atoms with Gasteiger partial charge >= 0.3 is 6.01 Å². The van der Waals surface area contributed by atoms with Crippen molar-refractivity contribution in [2.75, 3.05) is 43.4 Å². The summed E-state index contributed by atoms with van der Waals surface area (Å²) in [6.45, 7) is 3.59. The Morgan fingerprint density at radius 2 is 1.84 bits per heavy atom. The number of ether oxygens (including phenoxy) is 1. The molecule has 5 rings (SSSR count). The van der Waals surface area contributed by atoms with E-state index in [0.29, 0.717) is 23.5 Å². The zero-order chi connectivity index (χ0) is 21.0. The molecule has 1 saturated heterocycles. The molecule has 0 saturated carbocycles. The average Bonchev–Trinajstić information content (AvgIpc) is 3.47. The van der Waals surface area contributed by atoms with Gasteiger partial charge in [-0.15, -0.1) is 11.3 Å². The van der Waals surface area contributed by atoms with Crippen molar-refractivity contribution in [1.29, 1.82) is 0 Å². The number of nitrogens with one attached hydrogen (secondary N) is 2. The highest BCUT2D eigenvalue weighted by molar-refractivity contribution is 7.13. The molecule has 0 amide bonds. The molecule has 1 aliphatic heterocycles. The Morgan fingerprint density at radius 1 is 1.00 bits per heavy atom. The number of H-pyrrole nitrogens is 1. The fraction of sp³-hybridized carbons (Fsp3) is 0.238. The molecule has 0 atom stereocenters. The van der Waals surface area contributed by atoms with Crippen molar-refractivity contribution in [3.63, 3.8) is 0 Å². The molecular weight excluding hydrogens is 412 g/mol. The highest BCUT2D eigenvalue weighted by Crippen LogP contribution is 2.26. The predicted molar refractivity (Wildman–Crippen MR) is 121 cm³/mol. The van der Waals surface area contributed by atoms with Gasteiger partial charge < -0.3 is 19.9 Å². The Bertz CT molecular complexity index is 1120. The number of rotatable bonds is 6. The van der Waals surface area contributed by atoms with Gasteiger partial charge in [0.05, 0.1) is 10.6 Å². The minimum Gasteiger partial charge on any atom is -0.424 e. The number of hydrogen-bond acceptors (Lipinski definition) is 9. The van der Waals surface area contributed by atoms with Crippen molar-refractivity contribution in [2.24, 2.45) is 0 Å². The van der Waals surface area contributed by atoms with Gasteiger partial charge in [-0.2, -0.15) is 20.1 Å². The molecule has 0 radical (unpaired) electrons. The van der Waals surface area contributed by atoms with Crippen LogP contribution in [0.2, 0.25) is 0 Å². The van der Waals surface area contributed by atoms with Crippen molar-refractivity contribution in [3.05, 3.63) is 53.9 Å². The second-order valence-electron chi connectivity index (χ2n) is 7.22. The number of hydrogen-bond donors (Lipinski definition) is 2. The van der Waals surface area contributed by atoms with Gasteiger partial charge in [0.15, 0.2) is 5.82 Å². The molecule has 4 heterocycles. The van der Waals surface area contributed by atoms with E-state index in [0.717, 1.165) is 36.8 Å². The highest BCUT2D eigenvalue weighted by atomic mass is 32.1. The van der Waals surface area contributed by atoms with Crippen LogP contribution in [0.4, 0.5) is 17.7 Å². The van der Waals surface area contributed by atoms with E-state index < -0.39 is 0 Å². The second kappa shape index (κ2) is 8.70. The van der Waals surface area contributed by atoms with Crippen LogP contribution >= 0.6 is 11.3 Å². The first-order valence-electron chi connectivity index (χ1n) is 10.0. The Balaban J connectivity index is 1.42. The summed E-state index contributed by atoms with van der Waals surface area (Å²) in [5.74, 6) is 2.28. The molecule has 0 bridgehead atoms. The molecule has 31 heavy (non-hydrogen) atoms. The maximum absolute atomic E-state index is 5.91. The van der Waals surface area contributed by atoms with Gasteiger partial charge in [0, 0.05) is 32.2 Å². The first-order valence-corrected chi connectivity index (χ1v) is 10.9. The molecule has 158 valence electrons. The maximum Gasteiger partial charge on any atom is 0.328 e. The van der Waals surface area contributed by atoms with Crippen LogP contribution in [0.25, 0.3) is 10.6 Å². The number of likely N-dealkylation sites (N-methyl/N-ethyl adjacent to an activating group) is 1. The minimum absolute atomic E-state index is 0.242. The van der Waals surface area contributed by atoms with Crippen molar-refractivity contribution in [3.8, 4) is 22.3 Å². The molecule has 1 fully saturated rings.